The maximum absolute atomic E-state index is 15.1. The summed E-state index contributed by atoms with van der Waals surface area (Å²) >= 11 is 12.5. The monoisotopic (exact) mass is 657 g/mol. The second-order valence-corrected chi connectivity index (χ2v) is 13.5. The lowest BCUT2D eigenvalue weighted by atomic mass is 9.84. The standard InChI is InChI=1S/C29H25Cl2F4N3O4S/c1-14-36-26(29(33,34)35)12-38(14)24-5-4-16(17-9-23(32)22(13-39)25(10-17)43(3,40)41)8-21(24)27-28(42-15(2)37-27)18-6-19(30)11-20(31)7-18/h6-9,11-12,25,39H,4-5,10,13H2,1-3H3. The van der Waals surface area contributed by atoms with Crippen molar-refractivity contribution in [1.82, 2.24) is 14.5 Å². The molecule has 0 spiro atoms. The molecule has 228 valence electrons. The summed E-state index contributed by atoms with van der Waals surface area (Å²) in [5, 5.41) is 9.04. The van der Waals surface area contributed by atoms with E-state index in [-0.39, 0.29) is 48.0 Å². The summed E-state index contributed by atoms with van der Waals surface area (Å²) in [7, 11) is -3.78. The van der Waals surface area contributed by atoms with E-state index in [1.54, 1.807) is 25.1 Å². The van der Waals surface area contributed by atoms with Gasteiger partial charge in [0, 0.05) is 51.8 Å². The molecule has 0 saturated heterocycles. The SMILES string of the molecule is Cc1nc(C2=C(n3cc(C(F)(F)F)nc3C)CCC(C3=CC(F)=C(CO)C(S(C)(=O)=O)C3)=C2)c(-c2cc(Cl)cc(Cl)c2)o1. The van der Waals surface area contributed by atoms with Crippen LogP contribution in [0, 0.1) is 13.8 Å². The second kappa shape index (κ2) is 11.4. The predicted octanol–water partition coefficient (Wildman–Crippen LogP) is 7.53. The van der Waals surface area contributed by atoms with E-state index in [0.717, 1.165) is 12.5 Å². The molecular weight excluding hydrogens is 633 g/mol. The Morgan fingerprint density at radius 3 is 2.33 bits per heavy atom. The lowest BCUT2D eigenvalue weighted by Crippen LogP contribution is -2.28. The molecule has 0 saturated carbocycles. The number of benzene rings is 1. The Morgan fingerprint density at radius 2 is 1.74 bits per heavy atom. The van der Waals surface area contributed by atoms with Crippen molar-refractivity contribution in [3.8, 4) is 11.3 Å². The van der Waals surface area contributed by atoms with Crippen LogP contribution in [-0.4, -0.2) is 46.2 Å². The topological polar surface area (TPSA) is 98.2 Å². The van der Waals surface area contributed by atoms with E-state index in [0.29, 0.717) is 38.0 Å². The fourth-order valence-corrected chi connectivity index (χ4v) is 7.10. The van der Waals surface area contributed by atoms with E-state index >= 15 is 4.39 Å². The lowest BCUT2D eigenvalue weighted by Gasteiger charge is -2.28. The quantitative estimate of drug-likeness (QED) is 0.275. The first-order chi connectivity index (χ1) is 20.1. The fraction of sp³-hybridized carbons (Fsp3) is 0.310. The molecule has 2 heterocycles. The fourth-order valence-electron chi connectivity index (χ4n) is 5.39. The van der Waals surface area contributed by atoms with Crippen LogP contribution in [0.25, 0.3) is 22.6 Å². The van der Waals surface area contributed by atoms with Crippen molar-refractivity contribution in [3.63, 3.8) is 0 Å². The number of oxazole rings is 1. The smallest absolute Gasteiger partial charge is 0.434 e. The van der Waals surface area contributed by atoms with Crippen LogP contribution in [0.2, 0.25) is 10.0 Å². The maximum atomic E-state index is 15.1. The lowest BCUT2D eigenvalue weighted by molar-refractivity contribution is -0.141. The van der Waals surface area contributed by atoms with Crippen molar-refractivity contribution >= 4 is 44.3 Å². The van der Waals surface area contributed by atoms with Gasteiger partial charge in [-0.05, 0) is 67.7 Å². The number of aliphatic hydroxyl groups excluding tert-OH is 1. The molecule has 0 aliphatic heterocycles. The first-order valence-electron chi connectivity index (χ1n) is 13.0. The number of allylic oxidation sites excluding steroid dienone is 7. The third-order valence-electron chi connectivity index (χ3n) is 7.34. The summed E-state index contributed by atoms with van der Waals surface area (Å²) in [6.45, 7) is 2.29. The van der Waals surface area contributed by atoms with Gasteiger partial charge in [-0.15, -0.1) is 0 Å². The Morgan fingerprint density at radius 1 is 1.07 bits per heavy atom. The number of halogens is 6. The molecule has 0 bridgehead atoms. The summed E-state index contributed by atoms with van der Waals surface area (Å²) in [5.74, 6) is -0.258. The largest absolute Gasteiger partial charge is 0.440 e. The van der Waals surface area contributed by atoms with Gasteiger partial charge in [-0.3, -0.25) is 0 Å². The molecule has 5 rings (SSSR count). The summed E-state index contributed by atoms with van der Waals surface area (Å²) in [6, 6.07) is 4.74. The van der Waals surface area contributed by atoms with Gasteiger partial charge in [0.05, 0.1) is 11.9 Å². The molecule has 2 aliphatic carbocycles. The molecule has 7 nitrogen and oxygen atoms in total. The molecule has 3 aromatic rings. The van der Waals surface area contributed by atoms with Gasteiger partial charge in [-0.1, -0.05) is 23.2 Å². The van der Waals surface area contributed by atoms with Gasteiger partial charge in [0.1, 0.15) is 17.3 Å². The van der Waals surface area contributed by atoms with Gasteiger partial charge in [0.15, 0.2) is 27.2 Å². The Labute approximate surface area is 254 Å². The number of aromatic nitrogens is 3. The highest BCUT2D eigenvalue weighted by Gasteiger charge is 2.36. The van der Waals surface area contributed by atoms with Gasteiger partial charge in [-0.2, -0.15) is 13.2 Å². The zero-order valence-corrected chi connectivity index (χ0v) is 25.4. The molecule has 43 heavy (non-hydrogen) atoms. The van der Waals surface area contributed by atoms with Crippen LogP contribution in [0.4, 0.5) is 17.6 Å². The Kier molecular flexibility index (Phi) is 8.27. The maximum Gasteiger partial charge on any atom is 0.434 e. The van der Waals surface area contributed by atoms with Crippen LogP contribution < -0.4 is 0 Å². The molecule has 1 N–H and O–H groups in total. The van der Waals surface area contributed by atoms with Crippen molar-refractivity contribution < 1.29 is 35.5 Å². The van der Waals surface area contributed by atoms with E-state index in [1.807, 2.05) is 0 Å². The van der Waals surface area contributed by atoms with Crippen LogP contribution in [0.1, 0.15) is 42.4 Å². The highest BCUT2D eigenvalue weighted by molar-refractivity contribution is 7.91. The van der Waals surface area contributed by atoms with Crippen molar-refractivity contribution in [3.05, 3.63) is 92.2 Å². The number of aryl methyl sites for hydroxylation is 2. The molecule has 1 aromatic carbocycles. The number of alkyl halides is 3. The molecule has 0 radical (unpaired) electrons. The minimum atomic E-state index is -4.68. The van der Waals surface area contributed by atoms with Gasteiger partial charge in [-0.25, -0.2) is 22.8 Å². The number of nitrogens with zero attached hydrogens (tertiary/aromatic N) is 3. The number of imidazole rings is 1. The number of hydrogen-bond acceptors (Lipinski definition) is 6. The van der Waals surface area contributed by atoms with E-state index in [2.05, 4.69) is 9.97 Å². The van der Waals surface area contributed by atoms with Crippen LogP contribution in [0.15, 0.2) is 63.5 Å². The highest BCUT2D eigenvalue weighted by atomic mass is 35.5. The minimum absolute atomic E-state index is 0.0832. The van der Waals surface area contributed by atoms with E-state index in [1.165, 1.54) is 23.6 Å². The van der Waals surface area contributed by atoms with Crippen molar-refractivity contribution in [2.75, 3.05) is 12.9 Å². The number of sulfone groups is 1. The number of hydrogen-bond donors (Lipinski definition) is 1. The Hall–Kier alpha value is -3.19. The zero-order chi connectivity index (χ0) is 31.4. The molecule has 0 amide bonds. The van der Waals surface area contributed by atoms with Gasteiger partial charge >= 0.3 is 6.18 Å². The number of rotatable bonds is 6. The number of aliphatic hydroxyl groups is 1. The predicted molar refractivity (Wildman–Crippen MR) is 156 cm³/mol. The van der Waals surface area contributed by atoms with Gasteiger partial charge < -0.3 is 14.1 Å². The minimum Gasteiger partial charge on any atom is -0.440 e. The third-order valence-corrected chi connectivity index (χ3v) is 9.26. The molecule has 14 heteroatoms. The normalized spacial score (nSPS) is 18.3. The van der Waals surface area contributed by atoms with Crippen LogP contribution >= 0.6 is 23.2 Å². The van der Waals surface area contributed by atoms with Crippen molar-refractivity contribution in [2.45, 2.75) is 44.5 Å². The average molecular weight is 659 g/mol. The first-order valence-corrected chi connectivity index (χ1v) is 15.7. The van der Waals surface area contributed by atoms with E-state index < -0.39 is 39.4 Å². The highest BCUT2D eigenvalue weighted by Crippen LogP contribution is 2.44. The van der Waals surface area contributed by atoms with E-state index in [4.69, 9.17) is 27.6 Å². The van der Waals surface area contributed by atoms with Crippen molar-refractivity contribution in [1.29, 1.82) is 0 Å². The first kappa shape index (κ1) is 31.2. The molecule has 1 atom stereocenters. The summed E-state index contributed by atoms with van der Waals surface area (Å²) in [6.07, 6.45) is 0.380. The Bertz CT molecular complexity index is 1850. The van der Waals surface area contributed by atoms with Gasteiger partial charge in [0.25, 0.3) is 0 Å². The molecular formula is C29H25Cl2F4N3O4S. The third kappa shape index (κ3) is 6.24. The van der Waals surface area contributed by atoms with Gasteiger partial charge in [0.2, 0.25) is 0 Å². The van der Waals surface area contributed by atoms with Crippen LogP contribution in [0.3, 0.4) is 0 Å². The summed E-state index contributed by atoms with van der Waals surface area (Å²) in [4.78, 5) is 8.28. The molecule has 0 fully saturated rings. The molecule has 2 aliphatic rings. The van der Waals surface area contributed by atoms with Crippen molar-refractivity contribution in [2.24, 2.45) is 0 Å². The molecule has 1 unspecified atom stereocenters. The summed E-state index contributed by atoms with van der Waals surface area (Å²) < 4.78 is 88.2. The average Bonchev–Trinajstić information content (AvgIpc) is 3.49. The Balaban J connectivity index is 1.75. The van der Waals surface area contributed by atoms with Crippen LogP contribution in [-0.2, 0) is 16.0 Å². The van der Waals surface area contributed by atoms with Crippen LogP contribution in [0.5, 0.6) is 0 Å². The zero-order valence-electron chi connectivity index (χ0n) is 23.1. The molecule has 2 aromatic heterocycles. The van der Waals surface area contributed by atoms with E-state index in [9.17, 15) is 26.7 Å². The second-order valence-electron chi connectivity index (χ2n) is 10.4. The summed E-state index contributed by atoms with van der Waals surface area (Å²) in [5.41, 5.74) is 1.18.